The second kappa shape index (κ2) is 63.5. The number of hydrogen-bond acceptors (Lipinski definition) is 15. The molecule has 0 aliphatic rings. The number of carbonyl (C=O) groups excluding carboxylic acids is 4. The SMILES string of the molecule is CCCCCCCCCCCCCCCCCCC(=O)OC[C@H](COP(=O)(O)OC[C@@H](O)COP(=O)(O)OC[C@@H](COC(=O)CCCCCCCCC)OC(=O)CCCCCCCCCCC)OC(=O)CCCCCCCCCCCCCCCCC(C)C. The first-order valence-electron chi connectivity index (χ1n) is 36.6. The lowest BCUT2D eigenvalue weighted by Gasteiger charge is -2.21. The summed E-state index contributed by atoms with van der Waals surface area (Å²) in [5.74, 6) is -1.33. The maximum Gasteiger partial charge on any atom is 0.472 e. The van der Waals surface area contributed by atoms with Gasteiger partial charge in [0.25, 0.3) is 0 Å². The molecule has 3 N–H and O–H groups in total. The lowest BCUT2D eigenvalue weighted by Crippen LogP contribution is -2.30. The predicted octanol–water partition coefficient (Wildman–Crippen LogP) is 20.1. The van der Waals surface area contributed by atoms with E-state index in [9.17, 15) is 43.2 Å². The van der Waals surface area contributed by atoms with Crippen molar-refractivity contribution < 1.29 is 80.2 Å². The molecule has 0 aromatic carbocycles. The fraction of sp³-hybridized carbons (Fsp3) is 0.943. The molecule has 2 unspecified atom stereocenters. The monoisotopic (exact) mass is 1310 g/mol. The Hall–Kier alpha value is -1.94. The molecule has 19 heteroatoms. The van der Waals surface area contributed by atoms with Crippen LogP contribution in [-0.2, 0) is 65.4 Å². The topological polar surface area (TPSA) is 237 Å². The number of phosphoric ester groups is 2. The average Bonchev–Trinajstić information content (AvgIpc) is 3.60. The van der Waals surface area contributed by atoms with Crippen molar-refractivity contribution in [3.05, 3.63) is 0 Å². The van der Waals surface area contributed by atoms with Crippen LogP contribution in [0.15, 0.2) is 0 Å². The zero-order valence-corrected chi connectivity index (χ0v) is 59.4. The van der Waals surface area contributed by atoms with Crippen LogP contribution in [0, 0.1) is 5.92 Å². The summed E-state index contributed by atoms with van der Waals surface area (Å²) in [6, 6.07) is 0. The molecule has 5 atom stereocenters. The fourth-order valence-corrected chi connectivity index (χ4v) is 12.2. The van der Waals surface area contributed by atoms with E-state index >= 15 is 0 Å². The molecule has 0 saturated carbocycles. The number of aliphatic hydroxyl groups excluding tert-OH is 1. The van der Waals surface area contributed by atoms with Crippen LogP contribution in [0.4, 0.5) is 0 Å². The van der Waals surface area contributed by atoms with Gasteiger partial charge in [-0.15, -0.1) is 0 Å². The zero-order chi connectivity index (χ0) is 65.6. The summed E-state index contributed by atoms with van der Waals surface area (Å²) in [5.41, 5.74) is 0. The summed E-state index contributed by atoms with van der Waals surface area (Å²) < 4.78 is 68.1. The number of esters is 4. The number of phosphoric acid groups is 2. The molecule has 0 radical (unpaired) electrons. The van der Waals surface area contributed by atoms with E-state index in [0.29, 0.717) is 25.7 Å². The first kappa shape index (κ1) is 87.1. The third-order valence-electron chi connectivity index (χ3n) is 16.3. The van der Waals surface area contributed by atoms with Gasteiger partial charge in [-0.3, -0.25) is 37.3 Å². The van der Waals surface area contributed by atoms with Gasteiger partial charge in [0, 0.05) is 25.7 Å². The minimum atomic E-state index is -4.95. The first-order valence-corrected chi connectivity index (χ1v) is 39.6. The standard InChI is InChI=1S/C70H136O17P2/c1-6-9-12-15-18-20-21-22-23-24-28-31-35-39-44-49-54-68(73)81-60-66(87-70(75)56-51-46-41-36-32-29-26-25-27-30-34-38-42-47-52-63(4)5)62-85-89(78,79)83-58-64(71)57-82-88(76,77)84-61-65(59-80-67(72)53-48-43-37-17-14-11-8-3)86-69(74)55-50-45-40-33-19-16-13-10-7-2/h63-66,71H,6-62H2,1-5H3,(H,76,77)(H,78,79)/t64-,65+,66+/m0/s1. The van der Waals surface area contributed by atoms with Crippen molar-refractivity contribution in [1.29, 1.82) is 0 Å². The fourth-order valence-electron chi connectivity index (χ4n) is 10.6. The third kappa shape index (κ3) is 64.6. The molecule has 0 spiro atoms. The molecule has 0 bridgehead atoms. The van der Waals surface area contributed by atoms with Gasteiger partial charge in [0.15, 0.2) is 12.2 Å². The second-order valence-electron chi connectivity index (χ2n) is 25.7. The van der Waals surface area contributed by atoms with Crippen LogP contribution >= 0.6 is 15.6 Å². The average molecular weight is 1310 g/mol. The van der Waals surface area contributed by atoms with Gasteiger partial charge in [0.05, 0.1) is 26.4 Å². The van der Waals surface area contributed by atoms with Crippen molar-refractivity contribution in [2.75, 3.05) is 39.6 Å². The van der Waals surface area contributed by atoms with E-state index in [4.69, 9.17) is 37.0 Å². The summed E-state index contributed by atoms with van der Waals surface area (Å²) in [5, 5.41) is 10.6. The molecular formula is C70H136O17P2. The molecular weight excluding hydrogens is 1170 g/mol. The quantitative estimate of drug-likeness (QED) is 0.0222. The van der Waals surface area contributed by atoms with Gasteiger partial charge in [-0.1, -0.05) is 311 Å². The summed E-state index contributed by atoms with van der Waals surface area (Å²) >= 11 is 0. The maximum absolute atomic E-state index is 13.0. The van der Waals surface area contributed by atoms with Crippen LogP contribution in [0.25, 0.3) is 0 Å². The first-order chi connectivity index (χ1) is 43.0. The minimum absolute atomic E-state index is 0.106. The Balaban J connectivity index is 5.18. The van der Waals surface area contributed by atoms with Crippen molar-refractivity contribution in [1.82, 2.24) is 0 Å². The minimum Gasteiger partial charge on any atom is -0.462 e. The van der Waals surface area contributed by atoms with Gasteiger partial charge in [-0.2, -0.15) is 0 Å². The molecule has 0 aromatic rings. The Morgan fingerprint density at radius 1 is 0.303 bits per heavy atom. The lowest BCUT2D eigenvalue weighted by atomic mass is 10.0. The largest absolute Gasteiger partial charge is 0.472 e. The molecule has 0 aliphatic carbocycles. The van der Waals surface area contributed by atoms with Crippen LogP contribution in [-0.4, -0.2) is 96.7 Å². The van der Waals surface area contributed by atoms with Crippen LogP contribution in [0.3, 0.4) is 0 Å². The lowest BCUT2D eigenvalue weighted by molar-refractivity contribution is -0.161. The number of ether oxygens (including phenoxy) is 4. The predicted molar refractivity (Wildman–Crippen MR) is 358 cm³/mol. The highest BCUT2D eigenvalue weighted by Gasteiger charge is 2.30. The van der Waals surface area contributed by atoms with Gasteiger partial charge in [-0.25, -0.2) is 9.13 Å². The van der Waals surface area contributed by atoms with E-state index < -0.39 is 97.5 Å². The van der Waals surface area contributed by atoms with E-state index in [1.165, 1.54) is 173 Å². The van der Waals surface area contributed by atoms with Crippen molar-refractivity contribution in [3.63, 3.8) is 0 Å². The highest BCUT2D eigenvalue weighted by molar-refractivity contribution is 7.47. The number of rotatable bonds is 70. The summed E-state index contributed by atoms with van der Waals surface area (Å²) in [7, 11) is -9.89. The maximum atomic E-state index is 13.0. The van der Waals surface area contributed by atoms with Gasteiger partial charge < -0.3 is 33.8 Å². The molecule has 0 aliphatic heterocycles. The zero-order valence-electron chi connectivity index (χ0n) is 57.6. The van der Waals surface area contributed by atoms with Gasteiger partial charge >= 0.3 is 39.5 Å². The Kier molecular flexibility index (Phi) is 62.1. The van der Waals surface area contributed by atoms with Crippen molar-refractivity contribution in [3.8, 4) is 0 Å². The van der Waals surface area contributed by atoms with E-state index in [1.807, 2.05) is 0 Å². The Bertz CT molecular complexity index is 1720. The molecule has 0 rings (SSSR count). The van der Waals surface area contributed by atoms with Crippen molar-refractivity contribution in [2.24, 2.45) is 5.92 Å². The number of aliphatic hydroxyl groups is 1. The van der Waals surface area contributed by atoms with Crippen molar-refractivity contribution >= 4 is 39.5 Å². The number of hydrogen-bond donors (Lipinski definition) is 3. The molecule has 0 fully saturated rings. The van der Waals surface area contributed by atoms with Gasteiger partial charge in [-0.05, 0) is 31.6 Å². The normalized spacial score (nSPS) is 14.1. The summed E-state index contributed by atoms with van der Waals surface area (Å²) in [6.07, 6.45) is 50.1. The number of unbranched alkanes of at least 4 members (excludes halogenated alkanes) is 42. The molecule has 0 saturated heterocycles. The number of carbonyl (C=O) groups is 4. The van der Waals surface area contributed by atoms with E-state index in [0.717, 1.165) is 109 Å². The molecule has 0 amide bonds. The van der Waals surface area contributed by atoms with E-state index in [1.54, 1.807) is 0 Å². The molecule has 0 heterocycles. The Morgan fingerprint density at radius 3 is 0.764 bits per heavy atom. The molecule has 0 aromatic heterocycles. The van der Waals surface area contributed by atoms with Crippen LogP contribution in [0.2, 0.25) is 0 Å². The van der Waals surface area contributed by atoms with Crippen LogP contribution in [0.5, 0.6) is 0 Å². The van der Waals surface area contributed by atoms with E-state index in [-0.39, 0.29) is 25.7 Å². The van der Waals surface area contributed by atoms with E-state index in [2.05, 4.69) is 34.6 Å². The Labute approximate surface area is 543 Å². The molecule has 528 valence electrons. The summed E-state index contributed by atoms with van der Waals surface area (Å²) in [6.45, 7) is 7.21. The smallest absolute Gasteiger partial charge is 0.462 e. The Morgan fingerprint density at radius 2 is 0.517 bits per heavy atom. The highest BCUT2D eigenvalue weighted by Crippen LogP contribution is 2.45. The van der Waals surface area contributed by atoms with Crippen LogP contribution < -0.4 is 0 Å². The van der Waals surface area contributed by atoms with Gasteiger partial charge in [0.1, 0.15) is 19.3 Å². The van der Waals surface area contributed by atoms with Crippen LogP contribution in [0.1, 0.15) is 362 Å². The van der Waals surface area contributed by atoms with Gasteiger partial charge in [0.2, 0.25) is 0 Å². The molecule has 89 heavy (non-hydrogen) atoms. The van der Waals surface area contributed by atoms with Crippen molar-refractivity contribution in [2.45, 2.75) is 380 Å². The molecule has 17 nitrogen and oxygen atoms in total. The second-order valence-corrected chi connectivity index (χ2v) is 28.7. The summed E-state index contributed by atoms with van der Waals surface area (Å²) in [4.78, 5) is 72.3. The highest BCUT2D eigenvalue weighted by atomic mass is 31.2. The third-order valence-corrected chi connectivity index (χ3v) is 18.2.